The van der Waals surface area contributed by atoms with Crippen molar-refractivity contribution >= 4 is 0 Å². The Morgan fingerprint density at radius 1 is 1.50 bits per heavy atom. The molecule has 0 aliphatic carbocycles. The van der Waals surface area contributed by atoms with Crippen LogP contribution in [0.2, 0.25) is 0 Å². The molecule has 0 amide bonds. The average molecular weight is 279 g/mol. The zero-order chi connectivity index (χ0) is 14.2. The molecule has 1 unspecified atom stereocenters. The van der Waals surface area contributed by atoms with Gasteiger partial charge in [-0.05, 0) is 18.2 Å². The molecule has 2 N–H and O–H groups in total. The predicted octanol–water partition coefficient (Wildman–Crippen LogP) is 0.723. The molecule has 0 radical (unpaired) electrons. The van der Waals surface area contributed by atoms with Crippen LogP contribution in [0.1, 0.15) is 11.5 Å². The summed E-state index contributed by atoms with van der Waals surface area (Å²) >= 11 is 0. The highest BCUT2D eigenvalue weighted by atomic mass is 16.5. The quantitative estimate of drug-likeness (QED) is 0.662. The van der Waals surface area contributed by atoms with Crippen LogP contribution in [0.25, 0.3) is 0 Å². The van der Waals surface area contributed by atoms with Crippen LogP contribution < -0.4 is 5.32 Å². The fourth-order valence-electron chi connectivity index (χ4n) is 1.83. The Morgan fingerprint density at radius 2 is 2.40 bits per heavy atom. The smallest absolute Gasteiger partial charge is 0.129 e. The molecule has 2 aromatic rings. The number of furan rings is 1. The summed E-state index contributed by atoms with van der Waals surface area (Å²) in [7, 11) is 1.90. The number of hydrogen-bond acceptors (Lipinski definition) is 5. The molecular formula is C14H21N3O3. The Kier molecular flexibility index (Phi) is 5.79. The van der Waals surface area contributed by atoms with Gasteiger partial charge in [-0.2, -0.15) is 5.10 Å². The van der Waals surface area contributed by atoms with Crippen LogP contribution in [0.3, 0.4) is 0 Å². The Bertz CT molecular complexity index is 482. The molecule has 2 rings (SSSR count). The third-order valence-electron chi connectivity index (χ3n) is 2.84. The van der Waals surface area contributed by atoms with Crippen molar-refractivity contribution in [1.82, 2.24) is 15.1 Å². The lowest BCUT2D eigenvalue weighted by atomic mass is 10.3. The third kappa shape index (κ3) is 5.16. The third-order valence-corrected chi connectivity index (χ3v) is 2.84. The second-order valence-corrected chi connectivity index (χ2v) is 4.68. The normalized spacial score (nSPS) is 12.7. The minimum atomic E-state index is -0.520. The van der Waals surface area contributed by atoms with E-state index >= 15 is 0 Å². The molecule has 0 aromatic carbocycles. The standard InChI is InChI=1S/C14H21N3O3/c1-17-7-5-12(16-17)4-6-15-9-13(18)10-19-11-14-3-2-8-20-14/h2-3,5,7-8,13,15,18H,4,6,9-11H2,1H3. The summed E-state index contributed by atoms with van der Waals surface area (Å²) in [6, 6.07) is 5.65. The van der Waals surface area contributed by atoms with Crippen molar-refractivity contribution in [2.45, 2.75) is 19.1 Å². The maximum Gasteiger partial charge on any atom is 0.129 e. The molecule has 0 saturated carbocycles. The highest BCUT2D eigenvalue weighted by molar-refractivity contribution is 4.99. The monoisotopic (exact) mass is 279 g/mol. The minimum Gasteiger partial charge on any atom is -0.467 e. The highest BCUT2D eigenvalue weighted by Crippen LogP contribution is 2.02. The van der Waals surface area contributed by atoms with Crippen molar-refractivity contribution in [2.24, 2.45) is 7.05 Å². The summed E-state index contributed by atoms with van der Waals surface area (Å²) < 4.78 is 12.3. The first-order chi connectivity index (χ1) is 9.74. The number of aromatic nitrogens is 2. The molecule has 0 aliphatic rings. The number of hydrogen-bond donors (Lipinski definition) is 2. The first kappa shape index (κ1) is 14.8. The second kappa shape index (κ2) is 7.84. The molecule has 0 spiro atoms. The molecule has 0 aliphatic heterocycles. The lowest BCUT2D eigenvalue weighted by molar-refractivity contribution is 0.0228. The van der Waals surface area contributed by atoms with Gasteiger partial charge in [-0.3, -0.25) is 4.68 Å². The number of aliphatic hydroxyl groups is 1. The van der Waals surface area contributed by atoms with Crippen LogP contribution in [-0.4, -0.2) is 40.7 Å². The Morgan fingerprint density at radius 3 is 3.10 bits per heavy atom. The molecule has 0 fully saturated rings. The average Bonchev–Trinajstić information content (AvgIpc) is 3.06. The summed E-state index contributed by atoms with van der Waals surface area (Å²) in [6.07, 6.45) is 3.86. The highest BCUT2D eigenvalue weighted by Gasteiger charge is 2.05. The van der Waals surface area contributed by atoms with Crippen LogP contribution >= 0.6 is 0 Å². The Labute approximate surface area is 118 Å². The summed E-state index contributed by atoms with van der Waals surface area (Å²) in [5, 5.41) is 17.2. The maximum absolute atomic E-state index is 9.74. The molecular weight excluding hydrogens is 258 g/mol. The van der Waals surface area contributed by atoms with Gasteiger partial charge in [0.1, 0.15) is 12.4 Å². The number of aliphatic hydroxyl groups excluding tert-OH is 1. The molecule has 6 nitrogen and oxygen atoms in total. The van der Waals surface area contributed by atoms with E-state index in [-0.39, 0.29) is 6.61 Å². The lowest BCUT2D eigenvalue weighted by Gasteiger charge is -2.11. The van der Waals surface area contributed by atoms with Gasteiger partial charge in [0.15, 0.2) is 0 Å². The molecule has 2 heterocycles. The Balaban J connectivity index is 1.50. The van der Waals surface area contributed by atoms with Gasteiger partial charge in [-0.1, -0.05) is 0 Å². The van der Waals surface area contributed by atoms with Gasteiger partial charge >= 0.3 is 0 Å². The van der Waals surface area contributed by atoms with E-state index in [9.17, 15) is 5.11 Å². The van der Waals surface area contributed by atoms with Crippen LogP contribution in [0.5, 0.6) is 0 Å². The van der Waals surface area contributed by atoms with E-state index in [1.165, 1.54) is 0 Å². The van der Waals surface area contributed by atoms with Gasteiger partial charge in [0.2, 0.25) is 0 Å². The Hall–Kier alpha value is -1.63. The molecule has 0 bridgehead atoms. The first-order valence-corrected chi connectivity index (χ1v) is 6.71. The van der Waals surface area contributed by atoms with E-state index in [1.54, 1.807) is 10.9 Å². The number of nitrogens with one attached hydrogen (secondary N) is 1. The van der Waals surface area contributed by atoms with Gasteiger partial charge in [-0.15, -0.1) is 0 Å². The van der Waals surface area contributed by atoms with Crippen molar-refractivity contribution in [2.75, 3.05) is 19.7 Å². The van der Waals surface area contributed by atoms with Crippen molar-refractivity contribution in [3.63, 3.8) is 0 Å². The van der Waals surface area contributed by atoms with Crippen molar-refractivity contribution in [3.8, 4) is 0 Å². The molecule has 20 heavy (non-hydrogen) atoms. The molecule has 110 valence electrons. The van der Waals surface area contributed by atoms with E-state index in [0.717, 1.165) is 24.4 Å². The largest absolute Gasteiger partial charge is 0.467 e. The molecule has 6 heteroatoms. The lowest BCUT2D eigenvalue weighted by Crippen LogP contribution is -2.31. The fraction of sp³-hybridized carbons (Fsp3) is 0.500. The van der Waals surface area contributed by atoms with Gasteiger partial charge in [0.05, 0.1) is 24.7 Å². The number of nitrogens with zero attached hydrogens (tertiary/aromatic N) is 2. The minimum absolute atomic E-state index is 0.289. The van der Waals surface area contributed by atoms with E-state index < -0.39 is 6.10 Å². The second-order valence-electron chi connectivity index (χ2n) is 4.68. The van der Waals surface area contributed by atoms with Gasteiger partial charge in [0, 0.05) is 32.8 Å². The van der Waals surface area contributed by atoms with Crippen LogP contribution in [0.15, 0.2) is 35.1 Å². The van der Waals surface area contributed by atoms with Crippen LogP contribution in [-0.2, 0) is 24.8 Å². The van der Waals surface area contributed by atoms with E-state index in [2.05, 4.69) is 10.4 Å². The number of rotatable bonds is 9. The van der Waals surface area contributed by atoms with E-state index in [1.807, 2.05) is 31.4 Å². The summed E-state index contributed by atoms with van der Waals surface area (Å²) in [5.41, 5.74) is 1.04. The molecule has 0 saturated heterocycles. The van der Waals surface area contributed by atoms with Crippen molar-refractivity contribution in [1.29, 1.82) is 0 Å². The molecule has 2 aromatic heterocycles. The van der Waals surface area contributed by atoms with Gasteiger partial charge < -0.3 is 19.6 Å². The number of ether oxygens (including phenoxy) is 1. The van der Waals surface area contributed by atoms with Gasteiger partial charge in [0.25, 0.3) is 0 Å². The van der Waals surface area contributed by atoms with Crippen LogP contribution in [0, 0.1) is 0 Å². The number of aryl methyl sites for hydroxylation is 1. The van der Waals surface area contributed by atoms with E-state index in [4.69, 9.17) is 9.15 Å². The zero-order valence-electron chi connectivity index (χ0n) is 11.7. The van der Waals surface area contributed by atoms with E-state index in [0.29, 0.717) is 13.2 Å². The molecule has 1 atom stereocenters. The SMILES string of the molecule is Cn1ccc(CCNCC(O)COCc2ccco2)n1. The topological polar surface area (TPSA) is 72.5 Å². The van der Waals surface area contributed by atoms with Crippen LogP contribution in [0.4, 0.5) is 0 Å². The predicted molar refractivity (Wildman–Crippen MR) is 74.2 cm³/mol. The summed E-state index contributed by atoms with van der Waals surface area (Å²) in [6.45, 7) is 1.96. The van der Waals surface area contributed by atoms with Crippen molar-refractivity contribution in [3.05, 3.63) is 42.1 Å². The van der Waals surface area contributed by atoms with Crippen molar-refractivity contribution < 1.29 is 14.3 Å². The maximum atomic E-state index is 9.74. The summed E-state index contributed by atoms with van der Waals surface area (Å²) in [5.74, 6) is 0.764. The summed E-state index contributed by atoms with van der Waals surface area (Å²) in [4.78, 5) is 0. The van der Waals surface area contributed by atoms with Gasteiger partial charge in [-0.25, -0.2) is 0 Å². The first-order valence-electron chi connectivity index (χ1n) is 6.71. The zero-order valence-corrected chi connectivity index (χ0v) is 11.7. The fourth-order valence-corrected chi connectivity index (χ4v) is 1.83.